The number of piperazine rings is 1. The SMILES string of the molecule is COc1ccc(NC(=O)Nc2nc(CCC(=O)N3CCN(c4ccc(F)cc4)CC3)cs2)cc1. The van der Waals surface area contributed by atoms with Crippen LogP contribution in [0.1, 0.15) is 12.1 Å². The van der Waals surface area contributed by atoms with Crippen LogP contribution in [0.15, 0.2) is 53.9 Å². The van der Waals surface area contributed by atoms with Crippen LogP contribution in [0.3, 0.4) is 0 Å². The van der Waals surface area contributed by atoms with Gasteiger partial charge < -0.3 is 19.9 Å². The van der Waals surface area contributed by atoms with Gasteiger partial charge in [0.15, 0.2) is 5.13 Å². The molecular weight excluding hydrogens is 457 g/mol. The number of amides is 3. The Bertz CT molecular complexity index is 1110. The van der Waals surface area contributed by atoms with E-state index in [-0.39, 0.29) is 17.8 Å². The number of carbonyl (C=O) groups is 2. The standard InChI is InChI=1S/C24H26FN5O3S/c1-33-21-9-4-18(5-10-21)26-23(32)28-24-27-19(16-34-24)6-11-22(31)30-14-12-29(13-15-30)20-7-2-17(25)3-8-20/h2-5,7-10,16H,6,11-15H2,1H3,(H2,26,27,28,32). The van der Waals surface area contributed by atoms with Crippen molar-refractivity contribution in [2.24, 2.45) is 0 Å². The molecule has 0 spiro atoms. The first-order valence-electron chi connectivity index (χ1n) is 10.9. The number of carbonyl (C=O) groups excluding carboxylic acids is 2. The van der Waals surface area contributed by atoms with Crippen LogP contribution in [0.4, 0.5) is 25.7 Å². The fourth-order valence-electron chi connectivity index (χ4n) is 3.67. The number of halogens is 1. The molecule has 0 radical (unpaired) electrons. The summed E-state index contributed by atoms with van der Waals surface area (Å²) in [5.74, 6) is 0.536. The van der Waals surface area contributed by atoms with E-state index in [9.17, 15) is 14.0 Å². The summed E-state index contributed by atoms with van der Waals surface area (Å²) in [5.41, 5.74) is 2.37. The van der Waals surface area contributed by atoms with Gasteiger partial charge in [-0.15, -0.1) is 11.3 Å². The van der Waals surface area contributed by atoms with E-state index in [1.165, 1.54) is 23.5 Å². The van der Waals surface area contributed by atoms with Gasteiger partial charge in [-0.2, -0.15) is 0 Å². The Kier molecular flexibility index (Phi) is 7.58. The number of aryl methyl sites for hydroxylation is 1. The minimum Gasteiger partial charge on any atom is -0.497 e. The maximum absolute atomic E-state index is 13.1. The number of methoxy groups -OCH3 is 1. The molecule has 0 aliphatic carbocycles. The molecule has 1 fully saturated rings. The van der Waals surface area contributed by atoms with E-state index in [0.29, 0.717) is 55.6 Å². The van der Waals surface area contributed by atoms with E-state index in [2.05, 4.69) is 20.5 Å². The Morgan fingerprint density at radius 2 is 1.74 bits per heavy atom. The van der Waals surface area contributed by atoms with Crippen molar-refractivity contribution in [3.63, 3.8) is 0 Å². The van der Waals surface area contributed by atoms with Crippen LogP contribution < -0.4 is 20.3 Å². The van der Waals surface area contributed by atoms with E-state index in [1.54, 1.807) is 43.5 Å². The zero-order valence-corrected chi connectivity index (χ0v) is 19.6. The van der Waals surface area contributed by atoms with E-state index in [0.717, 1.165) is 11.4 Å². The molecule has 178 valence electrons. The van der Waals surface area contributed by atoms with Crippen molar-refractivity contribution in [3.05, 3.63) is 65.4 Å². The fourth-order valence-corrected chi connectivity index (χ4v) is 4.41. The quantitative estimate of drug-likeness (QED) is 0.526. The monoisotopic (exact) mass is 483 g/mol. The first kappa shape index (κ1) is 23.5. The van der Waals surface area contributed by atoms with Gasteiger partial charge in [0.05, 0.1) is 12.8 Å². The lowest BCUT2D eigenvalue weighted by Crippen LogP contribution is -2.48. The van der Waals surface area contributed by atoms with Gasteiger partial charge in [0, 0.05) is 49.4 Å². The number of hydrogen-bond acceptors (Lipinski definition) is 6. The van der Waals surface area contributed by atoms with Gasteiger partial charge in [-0.1, -0.05) is 0 Å². The molecule has 0 atom stereocenters. The Morgan fingerprint density at radius 3 is 2.41 bits per heavy atom. The Morgan fingerprint density at radius 1 is 1.03 bits per heavy atom. The summed E-state index contributed by atoms with van der Waals surface area (Å²) in [6, 6.07) is 13.1. The highest BCUT2D eigenvalue weighted by Crippen LogP contribution is 2.20. The van der Waals surface area contributed by atoms with Crippen molar-refractivity contribution in [1.29, 1.82) is 0 Å². The van der Waals surface area contributed by atoms with Crippen LogP contribution in [-0.2, 0) is 11.2 Å². The van der Waals surface area contributed by atoms with Gasteiger partial charge in [0.25, 0.3) is 0 Å². The number of nitrogens with zero attached hydrogens (tertiary/aromatic N) is 3. The Balaban J connectivity index is 1.20. The molecule has 3 aromatic rings. The fraction of sp³-hybridized carbons (Fsp3) is 0.292. The molecule has 1 aliphatic heterocycles. The smallest absolute Gasteiger partial charge is 0.325 e. The molecule has 0 saturated carbocycles. The number of ether oxygens (including phenoxy) is 1. The first-order valence-corrected chi connectivity index (χ1v) is 11.8. The molecule has 34 heavy (non-hydrogen) atoms. The minimum absolute atomic E-state index is 0.0820. The van der Waals surface area contributed by atoms with Crippen molar-refractivity contribution < 1.29 is 18.7 Å². The number of rotatable bonds is 7. The molecule has 0 bridgehead atoms. The lowest BCUT2D eigenvalue weighted by Gasteiger charge is -2.36. The van der Waals surface area contributed by atoms with E-state index < -0.39 is 0 Å². The summed E-state index contributed by atoms with van der Waals surface area (Å²) in [6.45, 7) is 2.69. The van der Waals surface area contributed by atoms with E-state index in [4.69, 9.17) is 4.74 Å². The number of thiazole rings is 1. The van der Waals surface area contributed by atoms with E-state index in [1.807, 2.05) is 10.3 Å². The summed E-state index contributed by atoms with van der Waals surface area (Å²) < 4.78 is 18.2. The molecule has 8 nitrogen and oxygen atoms in total. The average Bonchev–Trinajstić information content (AvgIpc) is 3.30. The summed E-state index contributed by atoms with van der Waals surface area (Å²) in [4.78, 5) is 33.2. The molecule has 1 saturated heterocycles. The second-order valence-electron chi connectivity index (χ2n) is 7.80. The minimum atomic E-state index is -0.388. The second kappa shape index (κ2) is 11.0. The average molecular weight is 484 g/mol. The van der Waals surface area contributed by atoms with Crippen LogP contribution in [0.25, 0.3) is 0 Å². The van der Waals surface area contributed by atoms with Gasteiger partial charge in [-0.05, 0) is 55.0 Å². The predicted molar refractivity (Wildman–Crippen MR) is 131 cm³/mol. The number of aromatic nitrogens is 1. The lowest BCUT2D eigenvalue weighted by molar-refractivity contribution is -0.131. The van der Waals surface area contributed by atoms with Gasteiger partial charge in [-0.3, -0.25) is 10.1 Å². The third kappa shape index (κ3) is 6.22. The van der Waals surface area contributed by atoms with Gasteiger partial charge in [0.2, 0.25) is 5.91 Å². The van der Waals surface area contributed by atoms with Crippen LogP contribution in [-0.4, -0.2) is 55.1 Å². The maximum Gasteiger partial charge on any atom is 0.325 e. The predicted octanol–water partition coefficient (Wildman–Crippen LogP) is 4.22. The third-order valence-electron chi connectivity index (χ3n) is 5.54. The van der Waals surface area contributed by atoms with Crippen LogP contribution in [0, 0.1) is 5.82 Å². The lowest BCUT2D eigenvalue weighted by atomic mass is 10.2. The summed E-state index contributed by atoms with van der Waals surface area (Å²) in [5, 5.41) is 7.78. The highest BCUT2D eigenvalue weighted by atomic mass is 32.1. The van der Waals surface area contributed by atoms with Gasteiger partial charge >= 0.3 is 6.03 Å². The Hall–Kier alpha value is -3.66. The summed E-state index contributed by atoms with van der Waals surface area (Å²) in [6.07, 6.45) is 0.868. The molecule has 2 aromatic carbocycles. The maximum atomic E-state index is 13.1. The Labute approximate surface area is 201 Å². The normalized spacial score (nSPS) is 13.5. The summed E-state index contributed by atoms with van der Waals surface area (Å²) in [7, 11) is 1.58. The van der Waals surface area contributed by atoms with Crippen LogP contribution >= 0.6 is 11.3 Å². The molecule has 4 rings (SSSR count). The van der Waals surface area contributed by atoms with Crippen molar-refractivity contribution in [1.82, 2.24) is 9.88 Å². The highest BCUT2D eigenvalue weighted by Gasteiger charge is 2.21. The zero-order chi connectivity index (χ0) is 23.9. The topological polar surface area (TPSA) is 86.8 Å². The molecule has 3 amide bonds. The number of nitrogens with one attached hydrogen (secondary N) is 2. The third-order valence-corrected chi connectivity index (χ3v) is 6.35. The van der Waals surface area contributed by atoms with Crippen LogP contribution in [0.5, 0.6) is 5.75 Å². The van der Waals surface area contributed by atoms with Crippen molar-refractivity contribution in [3.8, 4) is 5.75 Å². The zero-order valence-electron chi connectivity index (χ0n) is 18.8. The number of benzene rings is 2. The molecule has 0 unspecified atom stereocenters. The molecule has 2 N–H and O–H groups in total. The van der Waals surface area contributed by atoms with Crippen LogP contribution in [0.2, 0.25) is 0 Å². The molecular formula is C24H26FN5O3S. The molecule has 10 heteroatoms. The number of anilines is 3. The number of hydrogen-bond donors (Lipinski definition) is 2. The van der Waals surface area contributed by atoms with Gasteiger partial charge in [0.1, 0.15) is 11.6 Å². The molecule has 1 aromatic heterocycles. The van der Waals surface area contributed by atoms with Gasteiger partial charge in [-0.25, -0.2) is 14.2 Å². The second-order valence-corrected chi connectivity index (χ2v) is 8.65. The summed E-state index contributed by atoms with van der Waals surface area (Å²) >= 11 is 1.32. The largest absolute Gasteiger partial charge is 0.497 e. The molecule has 2 heterocycles. The van der Waals surface area contributed by atoms with Crippen molar-refractivity contribution in [2.45, 2.75) is 12.8 Å². The van der Waals surface area contributed by atoms with Crippen molar-refractivity contribution >= 4 is 39.8 Å². The highest BCUT2D eigenvalue weighted by molar-refractivity contribution is 7.13. The number of urea groups is 1. The first-order chi connectivity index (χ1) is 16.5. The molecule has 1 aliphatic rings. The van der Waals surface area contributed by atoms with E-state index >= 15 is 0 Å². The van der Waals surface area contributed by atoms with Crippen molar-refractivity contribution in [2.75, 3.05) is 48.8 Å².